The summed E-state index contributed by atoms with van der Waals surface area (Å²) in [7, 11) is 1.45. The molecule has 2 N–H and O–H groups in total. The number of aromatic amines is 1. The van der Waals surface area contributed by atoms with E-state index in [1.807, 2.05) is 30.3 Å². The van der Waals surface area contributed by atoms with E-state index in [1.54, 1.807) is 48.5 Å². The first-order valence-corrected chi connectivity index (χ1v) is 13.4. The molecule has 0 unspecified atom stereocenters. The number of hydrogen-bond acceptors (Lipinski definition) is 7. The van der Waals surface area contributed by atoms with Crippen molar-refractivity contribution in [1.82, 2.24) is 10.4 Å². The van der Waals surface area contributed by atoms with Crippen molar-refractivity contribution in [3.05, 3.63) is 106 Å². The molecule has 0 atom stereocenters. The van der Waals surface area contributed by atoms with Crippen molar-refractivity contribution in [3.63, 3.8) is 0 Å². The number of fused-ring (bicyclic) bond motifs is 2. The lowest BCUT2D eigenvalue weighted by molar-refractivity contribution is 0.0729. The third-order valence-electron chi connectivity index (χ3n) is 6.49. The van der Waals surface area contributed by atoms with Crippen molar-refractivity contribution in [2.24, 2.45) is 5.10 Å². The summed E-state index contributed by atoms with van der Waals surface area (Å²) in [6.07, 6.45) is 1.44. The Morgan fingerprint density at radius 3 is 2.57 bits per heavy atom. The molecule has 1 aliphatic rings. The normalized spacial score (nSPS) is 12.1. The van der Waals surface area contributed by atoms with Gasteiger partial charge in [-0.25, -0.2) is 10.2 Å². The highest BCUT2D eigenvalue weighted by Gasteiger charge is 2.22. The molecule has 42 heavy (non-hydrogen) atoms. The number of H-pyrrole nitrogens is 1. The number of aromatic nitrogens is 1. The largest absolute Gasteiger partial charge is 0.493 e. The van der Waals surface area contributed by atoms with Crippen LogP contribution in [-0.4, -0.2) is 37.0 Å². The fraction of sp³-hybridized carbons (Fsp3) is 0.0645. The van der Waals surface area contributed by atoms with Crippen LogP contribution in [0.15, 0.2) is 84.0 Å². The fourth-order valence-corrected chi connectivity index (χ4v) is 5.09. The van der Waals surface area contributed by atoms with Gasteiger partial charge in [0.1, 0.15) is 5.69 Å². The van der Waals surface area contributed by atoms with Crippen LogP contribution in [-0.2, 0) is 0 Å². The number of nitrogens with one attached hydrogen (secondary N) is 2. The topological polar surface area (TPSA) is 111 Å². The fourth-order valence-electron chi connectivity index (χ4n) is 4.55. The predicted molar refractivity (Wildman–Crippen MR) is 159 cm³/mol. The first-order chi connectivity index (χ1) is 20.4. The molecular weight excluding hydrogens is 581 g/mol. The number of methoxy groups -OCH3 is 1. The molecule has 210 valence electrons. The highest BCUT2D eigenvalue weighted by atomic mass is 35.5. The number of hydrogen-bond donors (Lipinski definition) is 2. The average molecular weight is 602 g/mol. The smallest absolute Gasteiger partial charge is 0.343 e. The van der Waals surface area contributed by atoms with Crippen LogP contribution in [0.4, 0.5) is 0 Å². The van der Waals surface area contributed by atoms with Crippen molar-refractivity contribution in [2.45, 2.75) is 0 Å². The Balaban J connectivity index is 1.20. The summed E-state index contributed by atoms with van der Waals surface area (Å²) in [4.78, 5) is 29.1. The quantitative estimate of drug-likeness (QED) is 0.0912. The van der Waals surface area contributed by atoms with Crippen molar-refractivity contribution >= 4 is 52.2 Å². The monoisotopic (exact) mass is 601 g/mol. The second-order valence-corrected chi connectivity index (χ2v) is 9.96. The number of halogens is 2. The van der Waals surface area contributed by atoms with Crippen molar-refractivity contribution < 1.29 is 28.5 Å². The maximum atomic E-state index is 13.3. The molecule has 2 heterocycles. The Bertz CT molecular complexity index is 1870. The number of carbonyl (C=O) groups is 2. The van der Waals surface area contributed by atoms with Crippen LogP contribution >= 0.6 is 23.2 Å². The zero-order valence-corrected chi connectivity index (χ0v) is 23.5. The molecule has 0 aliphatic carbocycles. The van der Waals surface area contributed by atoms with E-state index in [-0.39, 0.29) is 18.2 Å². The van der Waals surface area contributed by atoms with Gasteiger partial charge in [0, 0.05) is 16.0 Å². The van der Waals surface area contributed by atoms with Gasteiger partial charge in [-0.2, -0.15) is 5.10 Å². The molecule has 1 aliphatic heterocycles. The third-order valence-corrected chi connectivity index (χ3v) is 7.01. The van der Waals surface area contributed by atoms with Gasteiger partial charge in [0.25, 0.3) is 5.91 Å². The zero-order valence-electron chi connectivity index (χ0n) is 21.9. The predicted octanol–water partition coefficient (Wildman–Crippen LogP) is 6.86. The van der Waals surface area contributed by atoms with E-state index >= 15 is 0 Å². The Morgan fingerprint density at radius 1 is 0.952 bits per heavy atom. The van der Waals surface area contributed by atoms with Gasteiger partial charge in [-0.05, 0) is 59.7 Å². The minimum absolute atomic E-state index is 0.101. The van der Waals surface area contributed by atoms with Gasteiger partial charge in [0.2, 0.25) is 6.79 Å². The third kappa shape index (κ3) is 5.35. The zero-order chi connectivity index (χ0) is 29.2. The van der Waals surface area contributed by atoms with Crippen molar-refractivity contribution in [2.75, 3.05) is 13.9 Å². The number of hydrazone groups is 1. The maximum Gasteiger partial charge on any atom is 0.343 e. The summed E-state index contributed by atoms with van der Waals surface area (Å²) in [5.41, 5.74) is 5.77. The second-order valence-electron chi connectivity index (χ2n) is 9.12. The maximum absolute atomic E-state index is 13.3. The van der Waals surface area contributed by atoms with Crippen LogP contribution in [0.2, 0.25) is 10.0 Å². The van der Waals surface area contributed by atoms with Crippen LogP contribution in [0.3, 0.4) is 0 Å². The van der Waals surface area contributed by atoms with Crippen molar-refractivity contribution in [1.29, 1.82) is 0 Å². The first kappa shape index (κ1) is 27.2. The number of esters is 1. The molecule has 6 rings (SSSR count). The highest BCUT2D eigenvalue weighted by Crippen LogP contribution is 2.38. The number of benzene rings is 4. The molecule has 0 radical (unpaired) electrons. The Morgan fingerprint density at radius 2 is 1.76 bits per heavy atom. The van der Waals surface area contributed by atoms with Crippen LogP contribution in [0.25, 0.3) is 22.0 Å². The molecule has 0 bridgehead atoms. The van der Waals surface area contributed by atoms with Gasteiger partial charge in [-0.3, -0.25) is 4.79 Å². The lowest BCUT2D eigenvalue weighted by atomic mass is 10.0. The minimum atomic E-state index is -0.589. The van der Waals surface area contributed by atoms with Gasteiger partial charge < -0.3 is 23.9 Å². The summed E-state index contributed by atoms with van der Waals surface area (Å²) in [5.74, 6) is 0.480. The van der Waals surface area contributed by atoms with Crippen LogP contribution in [0.1, 0.15) is 26.4 Å². The summed E-state index contributed by atoms with van der Waals surface area (Å²) in [6, 6.07) is 22.5. The lowest BCUT2D eigenvalue weighted by Crippen LogP contribution is -2.18. The molecular formula is C31H21Cl2N3O6. The number of rotatable bonds is 7. The van der Waals surface area contributed by atoms with E-state index in [4.69, 9.17) is 42.1 Å². The van der Waals surface area contributed by atoms with Crippen molar-refractivity contribution in [3.8, 4) is 34.1 Å². The van der Waals surface area contributed by atoms with Gasteiger partial charge >= 0.3 is 5.97 Å². The molecule has 11 heteroatoms. The van der Waals surface area contributed by atoms with E-state index in [0.717, 1.165) is 5.56 Å². The van der Waals surface area contributed by atoms with E-state index in [9.17, 15) is 9.59 Å². The van der Waals surface area contributed by atoms with Gasteiger partial charge in [0.15, 0.2) is 23.0 Å². The summed E-state index contributed by atoms with van der Waals surface area (Å²) in [5, 5.41) is 5.67. The van der Waals surface area contributed by atoms with E-state index in [1.165, 1.54) is 13.3 Å². The van der Waals surface area contributed by atoms with E-state index < -0.39 is 11.9 Å². The molecule has 5 aromatic rings. The molecule has 0 saturated carbocycles. The molecule has 9 nitrogen and oxygen atoms in total. The number of ether oxygens (including phenoxy) is 4. The molecule has 0 spiro atoms. The van der Waals surface area contributed by atoms with Gasteiger partial charge in [-0.15, -0.1) is 0 Å². The minimum Gasteiger partial charge on any atom is -0.493 e. The highest BCUT2D eigenvalue weighted by molar-refractivity contribution is 6.39. The second kappa shape index (κ2) is 11.5. The molecule has 0 saturated heterocycles. The lowest BCUT2D eigenvalue weighted by Gasteiger charge is -2.10. The molecule has 1 aromatic heterocycles. The number of carbonyl (C=O) groups excluding carboxylic acids is 2. The van der Waals surface area contributed by atoms with Crippen LogP contribution in [0.5, 0.6) is 23.0 Å². The number of nitrogens with zero attached hydrogens (tertiary/aromatic N) is 1. The van der Waals surface area contributed by atoms with Crippen LogP contribution in [0, 0.1) is 0 Å². The summed E-state index contributed by atoms with van der Waals surface area (Å²) < 4.78 is 21.6. The summed E-state index contributed by atoms with van der Waals surface area (Å²) in [6.45, 7) is 0.101. The summed E-state index contributed by atoms with van der Waals surface area (Å²) >= 11 is 12.7. The first-order valence-electron chi connectivity index (χ1n) is 12.6. The van der Waals surface area contributed by atoms with Gasteiger partial charge in [-0.1, -0.05) is 53.5 Å². The van der Waals surface area contributed by atoms with Crippen LogP contribution < -0.4 is 24.4 Å². The Kier molecular flexibility index (Phi) is 7.43. The standard InChI is InChI=1S/C31H21Cl2N3O6/c1-39-25-11-17(7-9-24(25)42-31(38)19-8-10-23-26(12-19)41-16-40-23)15-34-36-30(37)29-27(18-5-3-2-4-6-18)21-13-20(32)14-22(33)28(21)35-29/h2-15,35H,16H2,1H3,(H,36,37). The SMILES string of the molecule is COc1cc(C=NNC(=O)c2[nH]c3c(Cl)cc(Cl)cc3c2-c2ccccc2)ccc1OC(=O)c1ccc2c(c1)OCO2. The Labute approximate surface area is 249 Å². The van der Waals surface area contributed by atoms with Gasteiger partial charge in [0.05, 0.1) is 29.4 Å². The van der Waals surface area contributed by atoms with E-state index in [2.05, 4.69) is 15.5 Å². The number of amides is 1. The molecule has 1 amide bonds. The molecule has 4 aromatic carbocycles. The molecule has 0 fully saturated rings. The Hall–Kier alpha value is -4.99. The average Bonchev–Trinajstić information content (AvgIpc) is 3.63. The van der Waals surface area contributed by atoms with E-state index in [0.29, 0.717) is 54.9 Å².